The minimum atomic E-state index is -0.800. The minimum Gasteiger partial charge on any atom is -0.496 e. The number of nitrogen functional groups attached to an aromatic ring is 1. The number of methoxy groups -OCH3 is 1. The first-order valence-corrected chi connectivity index (χ1v) is 9.18. The number of carbonyl (C=O) groups is 2. The van der Waals surface area contributed by atoms with Crippen LogP contribution in [0.1, 0.15) is 42.5 Å². The van der Waals surface area contributed by atoms with Gasteiger partial charge in [-0.1, -0.05) is 18.0 Å². The zero-order valence-electron chi connectivity index (χ0n) is 15.1. The number of piperidine rings is 2. The maximum absolute atomic E-state index is 12.7. The van der Waals surface area contributed by atoms with Crippen LogP contribution in [0.5, 0.6) is 5.75 Å². The van der Waals surface area contributed by atoms with E-state index in [1.54, 1.807) is 6.07 Å². The molecule has 7 nitrogen and oxygen atoms in total. The van der Waals surface area contributed by atoms with Gasteiger partial charge in [0.15, 0.2) is 0 Å². The average molecular weight is 418 g/mol. The van der Waals surface area contributed by atoms with Crippen LogP contribution >= 0.6 is 24.0 Å². The van der Waals surface area contributed by atoms with Gasteiger partial charge < -0.3 is 20.9 Å². The van der Waals surface area contributed by atoms with E-state index in [4.69, 9.17) is 27.2 Å². The summed E-state index contributed by atoms with van der Waals surface area (Å²) in [5.74, 6) is -0.669. The number of ether oxygens (including phenoxy) is 1. The largest absolute Gasteiger partial charge is 0.496 e. The summed E-state index contributed by atoms with van der Waals surface area (Å²) < 4.78 is 5.25. The molecule has 0 radical (unpaired) electrons. The van der Waals surface area contributed by atoms with Crippen LogP contribution in [0.15, 0.2) is 12.1 Å². The molecule has 3 rings (SSSR count). The van der Waals surface area contributed by atoms with Gasteiger partial charge in [0.2, 0.25) is 0 Å². The molecule has 2 heterocycles. The molecule has 2 aliphatic heterocycles. The van der Waals surface area contributed by atoms with E-state index in [0.717, 1.165) is 32.1 Å². The molecule has 1 aromatic carbocycles. The fourth-order valence-corrected chi connectivity index (χ4v) is 4.35. The molecule has 2 saturated heterocycles. The first kappa shape index (κ1) is 21.6. The summed E-state index contributed by atoms with van der Waals surface area (Å²) in [4.78, 5) is 25.9. The fraction of sp³-hybridized carbons (Fsp3) is 0.556. The highest BCUT2D eigenvalue weighted by Gasteiger charge is 2.39. The molecule has 4 N–H and O–H groups in total. The maximum Gasteiger partial charge on any atom is 0.317 e. The van der Waals surface area contributed by atoms with Crippen molar-refractivity contribution in [2.24, 2.45) is 0 Å². The number of nitrogens with one attached hydrogen (secondary N) is 1. The second-order valence-electron chi connectivity index (χ2n) is 7.02. The Labute approximate surface area is 169 Å². The van der Waals surface area contributed by atoms with Gasteiger partial charge in [-0.2, -0.15) is 0 Å². The van der Waals surface area contributed by atoms with E-state index in [2.05, 4.69) is 10.2 Å². The zero-order chi connectivity index (χ0) is 18.8. The molecule has 0 saturated carbocycles. The third kappa shape index (κ3) is 4.78. The minimum absolute atomic E-state index is 0. The summed E-state index contributed by atoms with van der Waals surface area (Å²) in [7, 11) is 1.48. The highest BCUT2D eigenvalue weighted by molar-refractivity contribution is 6.33. The third-order valence-electron chi connectivity index (χ3n) is 5.34. The summed E-state index contributed by atoms with van der Waals surface area (Å²) in [6, 6.07) is 3.46. The summed E-state index contributed by atoms with van der Waals surface area (Å²) in [5.41, 5.74) is 6.48. The molecule has 0 aromatic heterocycles. The van der Waals surface area contributed by atoms with E-state index >= 15 is 0 Å². The number of nitrogens with two attached hydrogens (primary N) is 1. The molecule has 0 aliphatic carbocycles. The van der Waals surface area contributed by atoms with Gasteiger partial charge in [0.25, 0.3) is 5.91 Å². The summed E-state index contributed by atoms with van der Waals surface area (Å²) in [6.45, 7) is 0.0669. The van der Waals surface area contributed by atoms with Crippen molar-refractivity contribution >= 4 is 41.6 Å². The standard InChI is InChI=1S/C18H24ClN3O4.ClH/c1-26-16-8-15(20)14(19)7-13(16)18(25)21-10-5-11-3-2-4-12(6-10)22(11)9-17(23)24;/h7-8,10-12H,2-6,9,20H2,1H3,(H,21,25)(H,23,24);1H. The molecule has 9 heteroatoms. The van der Waals surface area contributed by atoms with E-state index in [1.807, 2.05) is 0 Å². The van der Waals surface area contributed by atoms with Gasteiger partial charge in [-0.25, -0.2) is 0 Å². The highest BCUT2D eigenvalue weighted by atomic mass is 35.5. The van der Waals surface area contributed by atoms with Crippen molar-refractivity contribution in [3.05, 3.63) is 22.7 Å². The number of hydrogen-bond donors (Lipinski definition) is 3. The first-order valence-electron chi connectivity index (χ1n) is 8.80. The van der Waals surface area contributed by atoms with Crippen LogP contribution in [0.3, 0.4) is 0 Å². The molecule has 2 bridgehead atoms. The van der Waals surface area contributed by atoms with Crippen molar-refractivity contribution in [3.63, 3.8) is 0 Å². The van der Waals surface area contributed by atoms with Crippen LogP contribution < -0.4 is 15.8 Å². The van der Waals surface area contributed by atoms with E-state index in [0.29, 0.717) is 22.0 Å². The zero-order valence-corrected chi connectivity index (χ0v) is 16.7. The molecular weight excluding hydrogens is 393 g/mol. The number of hydrogen-bond acceptors (Lipinski definition) is 5. The van der Waals surface area contributed by atoms with Crippen LogP contribution in [0.25, 0.3) is 0 Å². The number of carbonyl (C=O) groups excluding carboxylic acids is 1. The van der Waals surface area contributed by atoms with Crippen LogP contribution in [0.2, 0.25) is 5.02 Å². The Morgan fingerprint density at radius 1 is 1.33 bits per heavy atom. The van der Waals surface area contributed by atoms with E-state index in [-0.39, 0.29) is 43.0 Å². The predicted molar refractivity (Wildman–Crippen MR) is 106 cm³/mol. The number of anilines is 1. The quantitative estimate of drug-likeness (QED) is 0.635. The number of rotatable bonds is 5. The predicted octanol–water partition coefficient (Wildman–Crippen LogP) is 2.55. The van der Waals surface area contributed by atoms with Crippen LogP contribution in [0, 0.1) is 0 Å². The van der Waals surface area contributed by atoms with Gasteiger partial charge in [0.05, 0.1) is 29.9 Å². The molecule has 27 heavy (non-hydrogen) atoms. The maximum atomic E-state index is 12.7. The molecule has 2 aliphatic rings. The highest BCUT2D eigenvalue weighted by Crippen LogP contribution is 2.34. The lowest BCUT2D eigenvalue weighted by Gasteiger charge is -2.48. The van der Waals surface area contributed by atoms with Crippen molar-refractivity contribution in [2.75, 3.05) is 19.4 Å². The van der Waals surface area contributed by atoms with Gasteiger partial charge >= 0.3 is 5.97 Å². The van der Waals surface area contributed by atoms with Crippen LogP contribution in [-0.2, 0) is 4.79 Å². The molecule has 150 valence electrons. The fourth-order valence-electron chi connectivity index (χ4n) is 4.19. The van der Waals surface area contributed by atoms with Gasteiger partial charge in [0.1, 0.15) is 5.75 Å². The molecule has 2 unspecified atom stereocenters. The smallest absolute Gasteiger partial charge is 0.317 e. The topological polar surface area (TPSA) is 105 Å². The van der Waals surface area contributed by atoms with Crippen molar-refractivity contribution in [1.82, 2.24) is 10.2 Å². The van der Waals surface area contributed by atoms with Crippen LogP contribution in [-0.4, -0.2) is 53.7 Å². The first-order chi connectivity index (χ1) is 12.4. The Balaban J connectivity index is 0.00000261. The van der Waals surface area contributed by atoms with Gasteiger partial charge in [-0.3, -0.25) is 14.5 Å². The van der Waals surface area contributed by atoms with E-state index in [9.17, 15) is 9.59 Å². The van der Waals surface area contributed by atoms with Gasteiger partial charge in [0, 0.05) is 24.2 Å². The average Bonchev–Trinajstić information content (AvgIpc) is 2.57. The van der Waals surface area contributed by atoms with Gasteiger partial charge in [-0.15, -0.1) is 12.4 Å². The Morgan fingerprint density at radius 2 is 1.96 bits per heavy atom. The molecule has 2 atom stereocenters. The Bertz CT molecular complexity index is 702. The summed E-state index contributed by atoms with van der Waals surface area (Å²) in [6.07, 6.45) is 4.54. The van der Waals surface area contributed by atoms with Gasteiger partial charge in [-0.05, 0) is 31.7 Å². The molecular formula is C18H25Cl2N3O4. The van der Waals surface area contributed by atoms with E-state index in [1.165, 1.54) is 13.2 Å². The molecule has 2 fully saturated rings. The number of fused-ring (bicyclic) bond motifs is 2. The lowest BCUT2D eigenvalue weighted by atomic mass is 9.81. The number of carboxylic acids is 1. The van der Waals surface area contributed by atoms with Crippen LogP contribution in [0.4, 0.5) is 5.69 Å². The summed E-state index contributed by atoms with van der Waals surface area (Å²) >= 11 is 6.05. The van der Waals surface area contributed by atoms with Crippen molar-refractivity contribution < 1.29 is 19.4 Å². The second kappa shape index (κ2) is 8.99. The third-order valence-corrected chi connectivity index (χ3v) is 5.67. The number of carboxylic acid groups (broad SMARTS) is 1. The second-order valence-corrected chi connectivity index (χ2v) is 7.43. The number of halogens is 2. The molecule has 1 aromatic rings. The van der Waals surface area contributed by atoms with Crippen molar-refractivity contribution in [1.29, 1.82) is 0 Å². The Kier molecular flexibility index (Phi) is 7.19. The van der Waals surface area contributed by atoms with Crippen molar-refractivity contribution in [3.8, 4) is 5.75 Å². The summed E-state index contributed by atoms with van der Waals surface area (Å²) in [5, 5.41) is 12.5. The Hall–Kier alpha value is -1.70. The lowest BCUT2D eigenvalue weighted by molar-refractivity contribution is -0.141. The monoisotopic (exact) mass is 417 g/mol. The van der Waals surface area contributed by atoms with Crippen molar-refractivity contribution in [2.45, 2.75) is 50.2 Å². The Morgan fingerprint density at radius 3 is 2.52 bits per heavy atom. The molecule has 1 amide bonds. The molecule has 0 spiro atoms. The number of nitrogens with zero attached hydrogens (tertiary/aromatic N) is 1. The van der Waals surface area contributed by atoms with E-state index < -0.39 is 5.97 Å². The SMILES string of the molecule is COc1cc(N)c(Cl)cc1C(=O)NC1CC2CCCC(C1)N2CC(=O)O.Cl. The number of benzene rings is 1. The number of amides is 1. The lowest BCUT2D eigenvalue weighted by Crippen LogP contribution is -2.58. The normalized spacial score (nSPS) is 24.6. The number of aliphatic carboxylic acids is 1.